The van der Waals surface area contributed by atoms with E-state index in [1.165, 1.54) is 11.3 Å². The molecule has 2 rings (SSSR count). The van der Waals surface area contributed by atoms with Gasteiger partial charge in [0.2, 0.25) is 0 Å². The molecule has 0 amide bonds. The van der Waals surface area contributed by atoms with Crippen LogP contribution in [-0.4, -0.2) is 6.04 Å². The predicted octanol–water partition coefficient (Wildman–Crippen LogP) is 2.66. The second kappa shape index (κ2) is 3.55. The van der Waals surface area contributed by atoms with E-state index in [1.54, 1.807) is 6.08 Å². The van der Waals surface area contributed by atoms with Crippen LogP contribution >= 0.6 is 0 Å². The fraction of sp³-hybridized carbons (Fsp3) is 0.250. The number of fused-ring (bicyclic) bond motifs is 1. The van der Waals surface area contributed by atoms with E-state index in [0.717, 1.165) is 0 Å². The monoisotopic (exact) mass is 184 g/mol. The zero-order chi connectivity index (χ0) is 9.97. The average molecular weight is 184 g/mol. The highest BCUT2D eigenvalue weighted by Crippen LogP contribution is 2.36. The van der Waals surface area contributed by atoms with E-state index in [0.29, 0.717) is 12.0 Å². The lowest BCUT2D eigenvalue weighted by Crippen LogP contribution is -2.13. The molecule has 2 nitrogen and oxygen atoms in total. The van der Waals surface area contributed by atoms with Crippen molar-refractivity contribution in [2.24, 2.45) is 0 Å². The van der Waals surface area contributed by atoms with Crippen LogP contribution in [0.4, 0.5) is 5.69 Å². The fourth-order valence-corrected chi connectivity index (χ4v) is 1.94. The van der Waals surface area contributed by atoms with Gasteiger partial charge in [0.1, 0.15) is 0 Å². The van der Waals surface area contributed by atoms with Crippen molar-refractivity contribution in [1.82, 2.24) is 0 Å². The molecular weight excluding hydrogens is 172 g/mol. The molecule has 0 aromatic heterocycles. The summed E-state index contributed by atoms with van der Waals surface area (Å²) in [6.07, 6.45) is 3.52. The zero-order valence-electron chi connectivity index (χ0n) is 8.07. The maximum atomic E-state index is 8.50. The first-order chi connectivity index (χ1) is 6.83. The third-order valence-electron chi connectivity index (χ3n) is 2.62. The molecule has 1 aromatic rings. The van der Waals surface area contributed by atoms with Gasteiger partial charge in [-0.2, -0.15) is 5.26 Å². The van der Waals surface area contributed by atoms with Gasteiger partial charge in [-0.05, 0) is 18.6 Å². The SMILES string of the molecule is CC1Nc2ccccc2C1C=CC#N. The molecule has 1 N–H and O–H groups in total. The van der Waals surface area contributed by atoms with E-state index in [-0.39, 0.29) is 0 Å². The molecule has 0 saturated heterocycles. The highest BCUT2D eigenvalue weighted by molar-refractivity contribution is 5.60. The van der Waals surface area contributed by atoms with Crippen LogP contribution in [0.3, 0.4) is 0 Å². The largest absolute Gasteiger partial charge is 0.381 e. The van der Waals surface area contributed by atoms with Gasteiger partial charge in [0.25, 0.3) is 0 Å². The van der Waals surface area contributed by atoms with Crippen LogP contribution < -0.4 is 5.32 Å². The first-order valence-electron chi connectivity index (χ1n) is 4.74. The summed E-state index contributed by atoms with van der Waals surface area (Å²) in [5.74, 6) is 0.325. The predicted molar refractivity (Wildman–Crippen MR) is 57.0 cm³/mol. The lowest BCUT2D eigenvalue weighted by molar-refractivity contribution is 0.749. The zero-order valence-corrected chi connectivity index (χ0v) is 8.07. The Balaban J connectivity index is 2.35. The minimum atomic E-state index is 0.325. The van der Waals surface area contributed by atoms with E-state index in [9.17, 15) is 0 Å². The Labute approximate surface area is 83.9 Å². The molecule has 2 heteroatoms. The van der Waals surface area contributed by atoms with Gasteiger partial charge in [-0.25, -0.2) is 0 Å². The molecule has 1 aromatic carbocycles. The number of hydrogen-bond donors (Lipinski definition) is 1. The Bertz CT molecular complexity index is 401. The Kier molecular flexibility index (Phi) is 2.24. The highest BCUT2D eigenvalue weighted by atomic mass is 15.0. The molecule has 14 heavy (non-hydrogen) atoms. The Morgan fingerprint density at radius 1 is 1.43 bits per heavy atom. The number of nitrogens with zero attached hydrogens (tertiary/aromatic N) is 1. The van der Waals surface area contributed by atoms with Crippen LogP contribution in [0.25, 0.3) is 0 Å². The third-order valence-corrected chi connectivity index (χ3v) is 2.62. The van der Waals surface area contributed by atoms with E-state index in [4.69, 9.17) is 5.26 Å². The van der Waals surface area contributed by atoms with E-state index in [1.807, 2.05) is 24.3 Å². The van der Waals surface area contributed by atoms with Gasteiger partial charge in [0.05, 0.1) is 6.07 Å². The third kappa shape index (κ3) is 1.38. The topological polar surface area (TPSA) is 35.8 Å². The van der Waals surface area contributed by atoms with Crippen LogP contribution in [0.5, 0.6) is 0 Å². The molecule has 0 spiro atoms. The standard InChI is InChI=1S/C12H12N2/c1-9-10(6-4-8-13)11-5-2-3-7-12(11)14-9/h2-7,9-10,14H,1H3. The second-order valence-corrected chi connectivity index (χ2v) is 3.53. The maximum absolute atomic E-state index is 8.50. The summed E-state index contributed by atoms with van der Waals surface area (Å²) >= 11 is 0. The van der Waals surface area contributed by atoms with Crippen LogP contribution in [0.1, 0.15) is 18.4 Å². The summed E-state index contributed by atoms with van der Waals surface area (Å²) in [7, 11) is 0. The van der Waals surface area contributed by atoms with Gasteiger partial charge in [-0.15, -0.1) is 0 Å². The number of nitrogens with one attached hydrogen (secondary N) is 1. The van der Waals surface area contributed by atoms with E-state index >= 15 is 0 Å². The summed E-state index contributed by atoms with van der Waals surface area (Å²) in [5, 5.41) is 11.9. The van der Waals surface area contributed by atoms with Crippen molar-refractivity contribution in [3.05, 3.63) is 42.0 Å². The molecule has 1 aliphatic rings. The number of nitriles is 1. The van der Waals surface area contributed by atoms with Crippen molar-refractivity contribution in [2.45, 2.75) is 18.9 Å². The second-order valence-electron chi connectivity index (χ2n) is 3.53. The van der Waals surface area contributed by atoms with Gasteiger partial charge >= 0.3 is 0 Å². The molecule has 2 unspecified atom stereocenters. The first kappa shape index (κ1) is 8.83. The number of benzene rings is 1. The van der Waals surface area contributed by atoms with Crippen LogP contribution in [0.15, 0.2) is 36.4 Å². The Morgan fingerprint density at radius 2 is 2.21 bits per heavy atom. The van der Waals surface area contributed by atoms with Gasteiger partial charge in [-0.1, -0.05) is 24.3 Å². The summed E-state index contributed by atoms with van der Waals surface area (Å²) in [6, 6.07) is 10.7. The van der Waals surface area contributed by atoms with E-state index in [2.05, 4.69) is 24.4 Å². The molecule has 0 aliphatic carbocycles. The van der Waals surface area contributed by atoms with Crippen LogP contribution in [0, 0.1) is 11.3 Å². The summed E-state index contributed by atoms with van der Waals surface area (Å²) in [4.78, 5) is 0. The molecular formula is C12H12N2. The molecule has 70 valence electrons. The van der Waals surface area contributed by atoms with Gasteiger partial charge in [0, 0.05) is 23.7 Å². The van der Waals surface area contributed by atoms with Crippen molar-refractivity contribution < 1.29 is 0 Å². The number of hydrogen-bond acceptors (Lipinski definition) is 2. The minimum Gasteiger partial charge on any atom is -0.381 e. The summed E-state index contributed by atoms with van der Waals surface area (Å²) in [5.41, 5.74) is 2.47. The van der Waals surface area contributed by atoms with Crippen molar-refractivity contribution in [2.75, 3.05) is 5.32 Å². The molecule has 1 aliphatic heterocycles. The minimum absolute atomic E-state index is 0.325. The van der Waals surface area contributed by atoms with Crippen molar-refractivity contribution in [3.63, 3.8) is 0 Å². The Morgan fingerprint density at radius 3 is 3.00 bits per heavy atom. The smallest absolute Gasteiger partial charge is 0.0908 e. The molecule has 0 bridgehead atoms. The molecule has 0 radical (unpaired) electrons. The number of rotatable bonds is 1. The normalized spacial score (nSPS) is 24.3. The summed E-state index contributed by atoms with van der Waals surface area (Å²) in [6.45, 7) is 2.13. The van der Waals surface area contributed by atoms with Crippen LogP contribution in [0.2, 0.25) is 0 Å². The lowest BCUT2D eigenvalue weighted by atomic mass is 9.96. The maximum Gasteiger partial charge on any atom is 0.0908 e. The van der Waals surface area contributed by atoms with E-state index < -0.39 is 0 Å². The van der Waals surface area contributed by atoms with Crippen LogP contribution in [-0.2, 0) is 0 Å². The Hall–Kier alpha value is -1.75. The summed E-state index contributed by atoms with van der Waals surface area (Å²) < 4.78 is 0. The van der Waals surface area contributed by atoms with Gasteiger partial charge < -0.3 is 5.32 Å². The molecule has 2 atom stereocenters. The van der Waals surface area contributed by atoms with Gasteiger partial charge in [0.15, 0.2) is 0 Å². The quantitative estimate of drug-likeness (QED) is 0.681. The van der Waals surface area contributed by atoms with Gasteiger partial charge in [-0.3, -0.25) is 0 Å². The number of para-hydroxylation sites is 1. The van der Waals surface area contributed by atoms with Crippen molar-refractivity contribution >= 4 is 5.69 Å². The molecule has 0 saturated carbocycles. The van der Waals surface area contributed by atoms with Crippen molar-refractivity contribution in [3.8, 4) is 6.07 Å². The number of anilines is 1. The first-order valence-corrected chi connectivity index (χ1v) is 4.74. The lowest BCUT2D eigenvalue weighted by Gasteiger charge is -2.10. The molecule has 0 fully saturated rings. The number of allylic oxidation sites excluding steroid dienone is 1. The molecule has 1 heterocycles. The highest BCUT2D eigenvalue weighted by Gasteiger charge is 2.25. The fourth-order valence-electron chi connectivity index (χ4n) is 1.94. The average Bonchev–Trinajstić information content (AvgIpc) is 2.51. The van der Waals surface area contributed by atoms with Crippen molar-refractivity contribution in [1.29, 1.82) is 5.26 Å².